The summed E-state index contributed by atoms with van der Waals surface area (Å²) in [7, 11) is 0. The molecule has 0 radical (unpaired) electrons. The molecule has 1 aliphatic heterocycles. The van der Waals surface area contributed by atoms with E-state index in [-0.39, 0.29) is 25.0 Å². The van der Waals surface area contributed by atoms with Gasteiger partial charge in [-0.2, -0.15) is 0 Å². The zero-order valence-electron chi connectivity index (χ0n) is 11.8. The minimum Gasteiger partial charge on any atom is -0.454 e. The monoisotopic (exact) mass is 288 g/mol. The first kappa shape index (κ1) is 14.2. The van der Waals surface area contributed by atoms with Gasteiger partial charge in [-0.05, 0) is 33.1 Å². The second-order valence-electron chi connectivity index (χ2n) is 6.52. The summed E-state index contributed by atoms with van der Waals surface area (Å²) in [5.74, 6) is -1.54. The van der Waals surface area contributed by atoms with Crippen molar-refractivity contribution in [1.29, 1.82) is 0 Å². The molecule has 2 aliphatic carbocycles. The molecule has 5 atom stereocenters. The third-order valence-electron chi connectivity index (χ3n) is 4.64. The normalized spacial score (nSPS) is 43.4. The van der Waals surface area contributed by atoms with Crippen LogP contribution in [0.2, 0.25) is 0 Å². The van der Waals surface area contributed by atoms with Crippen molar-refractivity contribution >= 4 is 5.97 Å². The van der Waals surface area contributed by atoms with Gasteiger partial charge >= 0.3 is 5.97 Å². The van der Waals surface area contributed by atoms with Crippen molar-refractivity contribution in [1.82, 2.24) is 0 Å². The summed E-state index contributed by atoms with van der Waals surface area (Å²) < 4.78 is 30.7. The highest BCUT2D eigenvalue weighted by Crippen LogP contribution is 2.56. The van der Waals surface area contributed by atoms with E-state index in [1.54, 1.807) is 0 Å². The molecule has 1 spiro atoms. The highest BCUT2D eigenvalue weighted by Gasteiger charge is 2.65. The van der Waals surface area contributed by atoms with Gasteiger partial charge in [0.2, 0.25) is 11.5 Å². The Labute approximate surface area is 117 Å². The van der Waals surface area contributed by atoms with Crippen molar-refractivity contribution in [2.45, 2.75) is 56.8 Å². The maximum absolute atomic E-state index is 13.7. The Balaban J connectivity index is 1.80. The number of esters is 1. The fourth-order valence-corrected chi connectivity index (χ4v) is 3.66. The highest BCUT2D eigenvalue weighted by atomic mass is 19.1. The Kier molecular flexibility index (Phi) is 3.30. The molecule has 1 N–H and O–H groups in total. The molecule has 1 saturated heterocycles. The minimum absolute atomic E-state index is 0.131. The van der Waals surface area contributed by atoms with Gasteiger partial charge in [-0.25, -0.2) is 9.18 Å². The van der Waals surface area contributed by atoms with Gasteiger partial charge in [-0.15, -0.1) is 0 Å². The van der Waals surface area contributed by atoms with Crippen molar-refractivity contribution < 1.29 is 28.5 Å². The molecule has 1 heterocycles. The van der Waals surface area contributed by atoms with E-state index in [4.69, 9.17) is 14.2 Å². The molecule has 0 aromatic heterocycles. The van der Waals surface area contributed by atoms with Crippen molar-refractivity contribution in [2.75, 3.05) is 13.2 Å². The molecule has 20 heavy (non-hydrogen) atoms. The molecule has 114 valence electrons. The first-order valence-electron chi connectivity index (χ1n) is 7.19. The average Bonchev–Trinajstić information content (AvgIpc) is 3.06. The average molecular weight is 288 g/mol. The van der Waals surface area contributed by atoms with Gasteiger partial charge in [0.15, 0.2) is 6.10 Å². The lowest BCUT2D eigenvalue weighted by molar-refractivity contribution is -0.262. The lowest BCUT2D eigenvalue weighted by atomic mass is 9.91. The van der Waals surface area contributed by atoms with Gasteiger partial charge in [0.05, 0.1) is 13.2 Å². The molecule has 5 nitrogen and oxygen atoms in total. The van der Waals surface area contributed by atoms with Gasteiger partial charge in [-0.1, -0.05) is 0 Å². The van der Waals surface area contributed by atoms with Crippen LogP contribution in [0.5, 0.6) is 0 Å². The molecule has 2 bridgehead atoms. The zero-order chi connectivity index (χ0) is 14.5. The highest BCUT2D eigenvalue weighted by molar-refractivity contribution is 5.78. The van der Waals surface area contributed by atoms with Crippen LogP contribution in [0.15, 0.2) is 0 Å². The van der Waals surface area contributed by atoms with Gasteiger partial charge in [-0.3, -0.25) is 0 Å². The van der Waals surface area contributed by atoms with Crippen molar-refractivity contribution in [3.63, 3.8) is 0 Å². The lowest BCUT2D eigenvalue weighted by Gasteiger charge is -2.39. The summed E-state index contributed by atoms with van der Waals surface area (Å²) in [5, 5.41) is 9.20. The van der Waals surface area contributed by atoms with E-state index >= 15 is 0 Å². The molecule has 0 amide bonds. The Morgan fingerprint density at radius 2 is 2.25 bits per heavy atom. The standard InChI is InChI=1S/C14H21FO5/c1-13(2,15)12(17)19-11-8-3-4-9(5-8)14(11)18-7-10(6-16)20-14/h8-11,16H,3-7H2,1-2H3. The summed E-state index contributed by atoms with van der Waals surface area (Å²) in [5.41, 5.74) is -2.03. The summed E-state index contributed by atoms with van der Waals surface area (Å²) in [6, 6.07) is 0. The van der Waals surface area contributed by atoms with Crippen LogP contribution in [-0.4, -0.2) is 48.0 Å². The van der Waals surface area contributed by atoms with Crippen LogP contribution >= 0.6 is 0 Å². The largest absolute Gasteiger partial charge is 0.454 e. The zero-order valence-corrected chi connectivity index (χ0v) is 11.8. The Morgan fingerprint density at radius 1 is 1.50 bits per heavy atom. The molecule has 5 unspecified atom stereocenters. The van der Waals surface area contributed by atoms with Gasteiger partial charge in [0.1, 0.15) is 6.10 Å². The molecule has 6 heteroatoms. The fraction of sp³-hybridized carbons (Fsp3) is 0.929. The minimum atomic E-state index is -2.03. The van der Waals surface area contributed by atoms with Gasteiger partial charge in [0.25, 0.3) is 0 Å². The van der Waals surface area contributed by atoms with E-state index < -0.39 is 29.6 Å². The SMILES string of the molecule is CC(C)(F)C(=O)OC1C2CCC(C2)C12OCC(CO)O2. The lowest BCUT2D eigenvalue weighted by Crippen LogP contribution is -2.52. The van der Waals surface area contributed by atoms with Crippen LogP contribution in [0.1, 0.15) is 33.1 Å². The number of rotatable bonds is 3. The number of carbonyl (C=O) groups excluding carboxylic acids is 1. The van der Waals surface area contributed by atoms with Gasteiger partial charge in [0, 0.05) is 11.8 Å². The molecular weight excluding hydrogens is 267 g/mol. The first-order valence-corrected chi connectivity index (χ1v) is 7.19. The topological polar surface area (TPSA) is 65.0 Å². The molecule has 3 aliphatic rings. The van der Waals surface area contributed by atoms with Crippen molar-refractivity contribution in [3.05, 3.63) is 0 Å². The Hall–Kier alpha value is -0.720. The second-order valence-corrected chi connectivity index (χ2v) is 6.52. The van der Waals surface area contributed by atoms with E-state index in [0.717, 1.165) is 19.3 Å². The molecule has 3 rings (SSSR count). The smallest absolute Gasteiger partial charge is 0.343 e. The number of carbonyl (C=O) groups is 1. The van der Waals surface area contributed by atoms with Crippen LogP contribution in [0.3, 0.4) is 0 Å². The van der Waals surface area contributed by atoms with Crippen LogP contribution in [0.25, 0.3) is 0 Å². The third-order valence-corrected chi connectivity index (χ3v) is 4.64. The van der Waals surface area contributed by atoms with E-state index in [9.17, 15) is 14.3 Å². The summed E-state index contributed by atoms with van der Waals surface area (Å²) in [4.78, 5) is 11.8. The van der Waals surface area contributed by atoms with Crippen molar-refractivity contribution in [3.8, 4) is 0 Å². The number of ether oxygens (including phenoxy) is 3. The van der Waals surface area contributed by atoms with Crippen LogP contribution in [-0.2, 0) is 19.0 Å². The number of fused-ring (bicyclic) bond motifs is 3. The van der Waals surface area contributed by atoms with E-state index in [0.29, 0.717) is 0 Å². The molecule has 0 aromatic carbocycles. The number of hydrogen-bond acceptors (Lipinski definition) is 5. The molecular formula is C14H21FO5. The van der Waals surface area contributed by atoms with Gasteiger partial charge < -0.3 is 19.3 Å². The van der Waals surface area contributed by atoms with E-state index in [1.807, 2.05) is 0 Å². The summed E-state index contributed by atoms with van der Waals surface area (Å²) in [6.45, 7) is 2.52. The number of halogens is 1. The summed E-state index contributed by atoms with van der Waals surface area (Å²) >= 11 is 0. The predicted octanol–water partition coefficient (Wildman–Crippen LogP) is 1.18. The fourth-order valence-electron chi connectivity index (χ4n) is 3.66. The molecule has 3 fully saturated rings. The maximum Gasteiger partial charge on any atom is 0.343 e. The third kappa shape index (κ3) is 2.05. The Bertz CT molecular complexity index is 407. The van der Waals surface area contributed by atoms with Crippen LogP contribution < -0.4 is 0 Å². The molecule has 0 aromatic rings. The number of hydrogen-bond donors (Lipinski definition) is 1. The van der Waals surface area contributed by atoms with E-state index in [2.05, 4.69) is 0 Å². The summed E-state index contributed by atoms with van der Waals surface area (Å²) in [6.07, 6.45) is 1.79. The predicted molar refractivity (Wildman–Crippen MR) is 66.5 cm³/mol. The number of aliphatic hydroxyl groups is 1. The van der Waals surface area contributed by atoms with Crippen LogP contribution in [0.4, 0.5) is 4.39 Å². The van der Waals surface area contributed by atoms with E-state index in [1.165, 1.54) is 13.8 Å². The van der Waals surface area contributed by atoms with Crippen LogP contribution in [0, 0.1) is 11.8 Å². The second kappa shape index (κ2) is 4.64. The number of aliphatic hydroxyl groups excluding tert-OH is 1. The maximum atomic E-state index is 13.7. The Morgan fingerprint density at radius 3 is 2.85 bits per heavy atom. The number of alkyl halides is 1. The van der Waals surface area contributed by atoms with Crippen molar-refractivity contribution in [2.24, 2.45) is 11.8 Å². The molecule has 2 saturated carbocycles. The quantitative estimate of drug-likeness (QED) is 0.790. The first-order chi connectivity index (χ1) is 9.37.